The fourth-order valence-corrected chi connectivity index (χ4v) is 4.61. The Kier molecular flexibility index (Phi) is 8.23. The highest BCUT2D eigenvalue weighted by Crippen LogP contribution is 2.41. The summed E-state index contributed by atoms with van der Waals surface area (Å²) in [5, 5.41) is 11.2. The third-order valence-corrected chi connectivity index (χ3v) is 6.37. The molecule has 0 saturated carbocycles. The number of para-hydroxylation sites is 2. The number of hydrogen-bond acceptors (Lipinski definition) is 6. The van der Waals surface area contributed by atoms with Gasteiger partial charge in [0, 0.05) is 5.92 Å². The van der Waals surface area contributed by atoms with Gasteiger partial charge in [0.15, 0.2) is 6.61 Å². The summed E-state index contributed by atoms with van der Waals surface area (Å²) in [6.45, 7) is 3.66. The van der Waals surface area contributed by atoms with Crippen LogP contribution in [0.5, 0.6) is 5.75 Å². The smallest absolute Gasteiger partial charge is 0.419 e. The average molecular weight is 490 g/mol. The van der Waals surface area contributed by atoms with Gasteiger partial charge in [0.25, 0.3) is 0 Å². The number of nitrogens with zero attached hydrogens (tertiary/aromatic N) is 1. The largest absolute Gasteiger partial charge is 0.482 e. The lowest BCUT2D eigenvalue weighted by Gasteiger charge is -2.35. The van der Waals surface area contributed by atoms with Crippen LogP contribution in [0, 0.1) is 5.92 Å². The van der Waals surface area contributed by atoms with Gasteiger partial charge in [-0.2, -0.15) is 0 Å². The van der Waals surface area contributed by atoms with Crippen molar-refractivity contribution >= 4 is 23.4 Å². The van der Waals surface area contributed by atoms with Crippen LogP contribution >= 0.6 is 0 Å². The molecule has 7 nitrogen and oxygen atoms in total. The van der Waals surface area contributed by atoms with Crippen molar-refractivity contribution in [2.75, 3.05) is 18.1 Å². The quantitative estimate of drug-likeness (QED) is 0.415. The van der Waals surface area contributed by atoms with E-state index in [2.05, 4.69) is 0 Å². The lowest BCUT2D eigenvalue weighted by atomic mass is 9.78. The van der Waals surface area contributed by atoms with Gasteiger partial charge < -0.3 is 19.3 Å². The van der Waals surface area contributed by atoms with E-state index in [0.717, 1.165) is 11.1 Å². The Bertz CT molecular complexity index is 1130. The van der Waals surface area contributed by atoms with Crippen molar-refractivity contribution < 1.29 is 28.9 Å². The third kappa shape index (κ3) is 5.69. The molecule has 0 heterocycles. The van der Waals surface area contributed by atoms with Gasteiger partial charge in [-0.25, -0.2) is 14.5 Å². The van der Waals surface area contributed by atoms with Crippen LogP contribution in [0.3, 0.4) is 0 Å². The number of anilines is 2. The zero-order valence-corrected chi connectivity index (χ0v) is 20.5. The molecule has 0 fully saturated rings. The summed E-state index contributed by atoms with van der Waals surface area (Å²) in [6.07, 6.45) is -0.674. The van der Waals surface area contributed by atoms with E-state index in [9.17, 15) is 14.7 Å². The Morgan fingerprint density at radius 3 is 2.22 bits per heavy atom. The maximum absolute atomic E-state index is 13.4. The fraction of sp³-hybridized carbons (Fsp3) is 0.310. The second-order valence-electron chi connectivity index (χ2n) is 8.66. The fourth-order valence-electron chi connectivity index (χ4n) is 4.61. The summed E-state index contributed by atoms with van der Waals surface area (Å²) >= 11 is 0. The lowest BCUT2D eigenvalue weighted by molar-refractivity contribution is -0.145. The summed E-state index contributed by atoms with van der Waals surface area (Å²) in [4.78, 5) is 26.6. The Balaban J connectivity index is 1.49. The van der Waals surface area contributed by atoms with Crippen molar-refractivity contribution in [3.8, 4) is 5.75 Å². The number of ether oxygens (including phenoxy) is 3. The zero-order valence-electron chi connectivity index (χ0n) is 20.5. The molecule has 7 heteroatoms. The highest BCUT2D eigenvalue weighted by Gasteiger charge is 2.36. The molecule has 1 aliphatic carbocycles. The van der Waals surface area contributed by atoms with Crippen LogP contribution in [0.4, 0.5) is 16.2 Å². The van der Waals surface area contributed by atoms with Gasteiger partial charge in [-0.05, 0) is 68.1 Å². The first-order valence-corrected chi connectivity index (χ1v) is 12.2. The van der Waals surface area contributed by atoms with Gasteiger partial charge in [0.1, 0.15) is 11.9 Å². The molecule has 0 saturated heterocycles. The Hall–Kier alpha value is -3.84. The van der Waals surface area contributed by atoms with Crippen LogP contribution in [-0.4, -0.2) is 36.5 Å². The molecular formula is C29H31NO6. The first-order chi connectivity index (χ1) is 17.5. The van der Waals surface area contributed by atoms with E-state index < -0.39 is 24.3 Å². The van der Waals surface area contributed by atoms with E-state index in [1.807, 2.05) is 73.7 Å². The Labute approximate surface area is 211 Å². The van der Waals surface area contributed by atoms with Crippen LogP contribution in [0.25, 0.3) is 0 Å². The van der Waals surface area contributed by atoms with Crippen LogP contribution in [0.15, 0.2) is 78.9 Å². The first kappa shape index (κ1) is 25.3. The molecule has 3 atom stereocenters. The molecule has 0 aromatic heterocycles. The van der Waals surface area contributed by atoms with Crippen molar-refractivity contribution in [3.63, 3.8) is 0 Å². The van der Waals surface area contributed by atoms with Gasteiger partial charge in [0.05, 0.1) is 24.1 Å². The average Bonchev–Trinajstić information content (AvgIpc) is 2.89. The number of benzene rings is 3. The molecule has 188 valence electrons. The Morgan fingerprint density at radius 2 is 1.61 bits per heavy atom. The second kappa shape index (κ2) is 11.7. The monoisotopic (exact) mass is 489 g/mol. The minimum Gasteiger partial charge on any atom is -0.482 e. The molecule has 3 unspecified atom stereocenters. The van der Waals surface area contributed by atoms with Gasteiger partial charge >= 0.3 is 12.1 Å². The molecule has 3 aromatic rings. The van der Waals surface area contributed by atoms with E-state index in [1.165, 1.54) is 4.90 Å². The number of aliphatic hydroxyl groups is 1. The van der Waals surface area contributed by atoms with Crippen molar-refractivity contribution in [1.29, 1.82) is 0 Å². The van der Waals surface area contributed by atoms with Crippen LogP contribution < -0.4 is 9.64 Å². The summed E-state index contributed by atoms with van der Waals surface area (Å²) in [5.41, 5.74) is 2.97. The predicted octanol–water partition coefficient (Wildman–Crippen LogP) is 5.59. The topological polar surface area (TPSA) is 85.3 Å². The number of hydrogen-bond donors (Lipinski definition) is 1. The molecule has 0 radical (unpaired) electrons. The second-order valence-corrected chi connectivity index (χ2v) is 8.66. The summed E-state index contributed by atoms with van der Waals surface area (Å²) in [7, 11) is 0. The first-order valence-electron chi connectivity index (χ1n) is 12.2. The number of aliphatic hydroxyl groups excluding tert-OH is 1. The van der Waals surface area contributed by atoms with Gasteiger partial charge in [-0.15, -0.1) is 0 Å². The van der Waals surface area contributed by atoms with E-state index in [1.54, 1.807) is 19.1 Å². The molecule has 0 spiro atoms. The summed E-state index contributed by atoms with van der Waals surface area (Å²) in [5.74, 6) is -0.177. The predicted molar refractivity (Wildman–Crippen MR) is 136 cm³/mol. The van der Waals surface area contributed by atoms with E-state index in [-0.39, 0.29) is 19.1 Å². The van der Waals surface area contributed by atoms with Crippen molar-refractivity contribution in [2.24, 2.45) is 5.92 Å². The SMILES string of the molecule is CCOC(=O)COc1cccc2c1CCC(C(C)OC(=O)N(c1ccccc1)c1ccccc1)C2O. The number of carbonyl (C=O) groups is 2. The van der Waals surface area contributed by atoms with Crippen molar-refractivity contribution in [1.82, 2.24) is 0 Å². The molecule has 0 bridgehead atoms. The molecule has 0 aliphatic heterocycles. The van der Waals surface area contributed by atoms with Crippen LogP contribution in [0.1, 0.15) is 37.5 Å². The minimum atomic E-state index is -0.843. The molecule has 1 N–H and O–H groups in total. The minimum absolute atomic E-state index is 0.188. The standard InChI is InChI=1S/C29H31NO6/c1-3-34-27(31)19-35-26-16-10-15-25-24(26)18-17-23(28(25)32)20(2)36-29(33)30(21-11-6-4-7-12-21)22-13-8-5-9-14-22/h4-16,20,23,28,32H,3,17-19H2,1-2H3. The van der Waals surface area contributed by atoms with Crippen LogP contribution in [-0.2, 0) is 20.7 Å². The van der Waals surface area contributed by atoms with E-state index in [0.29, 0.717) is 30.0 Å². The van der Waals surface area contributed by atoms with Crippen molar-refractivity contribution in [2.45, 2.75) is 38.9 Å². The third-order valence-electron chi connectivity index (χ3n) is 6.37. The molecule has 1 amide bonds. The normalized spacial score (nSPS) is 17.4. The van der Waals surface area contributed by atoms with Crippen molar-refractivity contribution in [3.05, 3.63) is 90.0 Å². The van der Waals surface area contributed by atoms with Crippen LogP contribution in [0.2, 0.25) is 0 Å². The lowest BCUT2D eigenvalue weighted by Crippen LogP contribution is -2.36. The highest BCUT2D eigenvalue weighted by molar-refractivity contribution is 5.96. The maximum atomic E-state index is 13.4. The van der Waals surface area contributed by atoms with Gasteiger partial charge in [0.2, 0.25) is 0 Å². The number of carbonyl (C=O) groups excluding carboxylic acids is 2. The van der Waals surface area contributed by atoms with Gasteiger partial charge in [-0.1, -0.05) is 48.5 Å². The van der Waals surface area contributed by atoms with Gasteiger partial charge in [-0.3, -0.25) is 0 Å². The molecule has 1 aliphatic rings. The number of amides is 1. The molecular weight excluding hydrogens is 458 g/mol. The number of esters is 1. The number of fused-ring (bicyclic) bond motifs is 1. The maximum Gasteiger partial charge on any atom is 0.419 e. The summed E-state index contributed by atoms with van der Waals surface area (Å²) in [6, 6.07) is 24.1. The zero-order chi connectivity index (χ0) is 25.5. The Morgan fingerprint density at radius 1 is 0.972 bits per heavy atom. The summed E-state index contributed by atoms with van der Waals surface area (Å²) < 4.78 is 16.5. The molecule has 36 heavy (non-hydrogen) atoms. The van der Waals surface area contributed by atoms with E-state index in [4.69, 9.17) is 14.2 Å². The molecule has 3 aromatic carbocycles. The molecule has 4 rings (SSSR count). The highest BCUT2D eigenvalue weighted by atomic mass is 16.6. The number of rotatable bonds is 8. The van der Waals surface area contributed by atoms with E-state index >= 15 is 0 Å².